The first-order chi connectivity index (χ1) is 13.7. The SMILES string of the molecule is Cc1cc(NC(=O)Cn2ncc(N[C@@H]3C[C@H]4C[C@@H]([C@H]3C)C4(C)C)c(Cl)c2=O)on1. The average molecular weight is 420 g/mol. The topological polar surface area (TPSA) is 102 Å². The lowest BCUT2D eigenvalue weighted by Crippen LogP contribution is -2.58. The third-order valence-electron chi connectivity index (χ3n) is 6.86. The predicted molar refractivity (Wildman–Crippen MR) is 110 cm³/mol. The number of nitrogens with zero attached hydrogens (tertiary/aromatic N) is 3. The summed E-state index contributed by atoms with van der Waals surface area (Å²) in [6.07, 6.45) is 3.86. The number of halogens is 1. The molecule has 5 rings (SSSR count). The van der Waals surface area contributed by atoms with Gasteiger partial charge in [0.05, 0.1) is 17.6 Å². The monoisotopic (exact) mass is 419 g/mol. The van der Waals surface area contributed by atoms with Crippen LogP contribution in [0.4, 0.5) is 11.6 Å². The number of anilines is 2. The maximum atomic E-state index is 12.6. The van der Waals surface area contributed by atoms with Gasteiger partial charge in [-0.25, -0.2) is 4.68 Å². The fraction of sp³-hybridized carbons (Fsp3) is 0.600. The van der Waals surface area contributed by atoms with Crippen LogP contribution in [-0.4, -0.2) is 26.9 Å². The van der Waals surface area contributed by atoms with E-state index in [4.69, 9.17) is 16.1 Å². The molecule has 8 nitrogen and oxygen atoms in total. The molecule has 0 saturated heterocycles. The van der Waals surface area contributed by atoms with Crippen LogP contribution >= 0.6 is 11.6 Å². The van der Waals surface area contributed by atoms with E-state index in [1.54, 1.807) is 13.0 Å². The van der Waals surface area contributed by atoms with Crippen LogP contribution in [0.15, 0.2) is 21.6 Å². The van der Waals surface area contributed by atoms with Crippen LogP contribution in [0, 0.1) is 30.1 Å². The van der Waals surface area contributed by atoms with Crippen LogP contribution in [0.5, 0.6) is 0 Å². The summed E-state index contributed by atoms with van der Waals surface area (Å²) < 4.78 is 5.98. The fourth-order valence-corrected chi connectivity index (χ4v) is 5.15. The molecule has 0 aromatic carbocycles. The first-order valence-corrected chi connectivity index (χ1v) is 10.3. The number of hydrogen-bond donors (Lipinski definition) is 2. The molecular weight excluding hydrogens is 394 g/mol. The van der Waals surface area contributed by atoms with Crippen molar-refractivity contribution in [1.82, 2.24) is 14.9 Å². The molecule has 2 aromatic rings. The number of rotatable bonds is 5. The number of amides is 1. The Morgan fingerprint density at radius 1 is 1.41 bits per heavy atom. The van der Waals surface area contributed by atoms with Gasteiger partial charge in [-0.15, -0.1) is 0 Å². The number of carbonyl (C=O) groups is 1. The maximum absolute atomic E-state index is 12.6. The van der Waals surface area contributed by atoms with Gasteiger partial charge < -0.3 is 9.84 Å². The van der Waals surface area contributed by atoms with Crippen molar-refractivity contribution in [3.63, 3.8) is 0 Å². The van der Waals surface area contributed by atoms with Gasteiger partial charge in [-0.3, -0.25) is 14.9 Å². The first kappa shape index (κ1) is 19.9. The molecule has 0 unspecified atom stereocenters. The Morgan fingerprint density at radius 2 is 2.17 bits per heavy atom. The van der Waals surface area contributed by atoms with E-state index in [1.807, 2.05) is 0 Å². The van der Waals surface area contributed by atoms with Crippen molar-refractivity contribution >= 4 is 29.1 Å². The highest BCUT2D eigenvalue weighted by Crippen LogP contribution is 2.61. The standard InChI is InChI=1S/C20H26ClN5O3/c1-10-5-17(29-25-10)24-16(27)9-26-19(28)18(21)15(8-22-26)23-14-7-12-6-13(11(14)2)20(12,3)4/h5,8,11-14,23H,6-7,9H2,1-4H3,(H,24,27)/t11-,12-,13+,14-/m1/s1. The van der Waals surface area contributed by atoms with E-state index in [-0.39, 0.29) is 23.5 Å². The van der Waals surface area contributed by atoms with Gasteiger partial charge in [-0.2, -0.15) is 5.10 Å². The van der Waals surface area contributed by atoms with Gasteiger partial charge in [-0.05, 0) is 42.9 Å². The second kappa shape index (κ2) is 7.16. The van der Waals surface area contributed by atoms with E-state index >= 15 is 0 Å². The van der Waals surface area contributed by atoms with Crippen molar-refractivity contribution in [2.45, 2.75) is 53.1 Å². The van der Waals surface area contributed by atoms with Crippen molar-refractivity contribution in [1.29, 1.82) is 0 Å². The second-order valence-corrected chi connectivity index (χ2v) is 9.30. The summed E-state index contributed by atoms with van der Waals surface area (Å²) in [4.78, 5) is 24.7. The highest BCUT2D eigenvalue weighted by Gasteiger charge is 2.56. The average Bonchev–Trinajstić information content (AvgIpc) is 3.06. The number of aromatic nitrogens is 3. The predicted octanol–water partition coefficient (Wildman–Crippen LogP) is 3.31. The molecule has 2 bridgehead atoms. The quantitative estimate of drug-likeness (QED) is 0.770. The minimum absolute atomic E-state index is 0.0500. The Hall–Kier alpha value is -2.35. The molecule has 156 valence electrons. The van der Waals surface area contributed by atoms with Gasteiger partial charge in [0.15, 0.2) is 0 Å². The minimum atomic E-state index is -0.505. The lowest BCUT2D eigenvalue weighted by molar-refractivity contribution is -0.117. The Labute approximate surface area is 174 Å². The van der Waals surface area contributed by atoms with E-state index in [0.717, 1.165) is 11.1 Å². The number of aryl methyl sites for hydroxylation is 1. The van der Waals surface area contributed by atoms with Gasteiger partial charge in [0.1, 0.15) is 11.6 Å². The van der Waals surface area contributed by atoms with Crippen LogP contribution in [0.3, 0.4) is 0 Å². The number of carbonyl (C=O) groups excluding carboxylic acids is 1. The zero-order valence-electron chi connectivity index (χ0n) is 17.0. The van der Waals surface area contributed by atoms with Crippen molar-refractivity contribution < 1.29 is 9.32 Å². The van der Waals surface area contributed by atoms with Crippen LogP contribution in [-0.2, 0) is 11.3 Å². The molecule has 4 atom stereocenters. The minimum Gasteiger partial charge on any atom is -0.379 e. The largest absolute Gasteiger partial charge is 0.379 e. The Balaban J connectivity index is 1.44. The molecule has 2 aromatic heterocycles. The van der Waals surface area contributed by atoms with Crippen molar-refractivity contribution in [3.05, 3.63) is 33.3 Å². The molecule has 3 aliphatic rings. The summed E-state index contributed by atoms with van der Waals surface area (Å²) in [5, 5.41) is 13.8. The van der Waals surface area contributed by atoms with E-state index in [2.05, 4.69) is 41.7 Å². The molecular formula is C20H26ClN5O3. The molecule has 0 spiro atoms. The second-order valence-electron chi connectivity index (χ2n) is 8.92. The zero-order chi connectivity index (χ0) is 20.9. The van der Waals surface area contributed by atoms with Crippen LogP contribution in [0.1, 0.15) is 39.3 Å². The van der Waals surface area contributed by atoms with Gasteiger partial charge in [0, 0.05) is 12.1 Å². The summed E-state index contributed by atoms with van der Waals surface area (Å²) in [5.74, 6) is 1.63. The van der Waals surface area contributed by atoms with Crippen molar-refractivity contribution in [3.8, 4) is 0 Å². The third-order valence-corrected chi connectivity index (χ3v) is 7.23. The fourth-order valence-electron chi connectivity index (χ4n) is 4.95. The van der Waals surface area contributed by atoms with E-state index in [0.29, 0.717) is 34.6 Å². The van der Waals surface area contributed by atoms with Gasteiger partial charge in [0.25, 0.3) is 5.56 Å². The van der Waals surface area contributed by atoms with Crippen molar-refractivity contribution in [2.24, 2.45) is 23.2 Å². The molecule has 3 fully saturated rings. The van der Waals surface area contributed by atoms with Gasteiger partial charge in [-0.1, -0.05) is 37.5 Å². The zero-order valence-corrected chi connectivity index (χ0v) is 17.8. The molecule has 3 saturated carbocycles. The molecule has 1 amide bonds. The van der Waals surface area contributed by atoms with Crippen LogP contribution in [0.25, 0.3) is 0 Å². The van der Waals surface area contributed by atoms with Gasteiger partial charge >= 0.3 is 0 Å². The molecule has 2 heterocycles. The van der Waals surface area contributed by atoms with E-state index in [1.165, 1.54) is 12.6 Å². The number of nitrogens with one attached hydrogen (secondary N) is 2. The highest BCUT2D eigenvalue weighted by atomic mass is 35.5. The third kappa shape index (κ3) is 3.54. The molecule has 3 aliphatic carbocycles. The maximum Gasteiger partial charge on any atom is 0.288 e. The molecule has 9 heteroatoms. The smallest absolute Gasteiger partial charge is 0.288 e. The summed E-state index contributed by atoms with van der Waals surface area (Å²) in [7, 11) is 0. The van der Waals surface area contributed by atoms with Gasteiger partial charge in [0.2, 0.25) is 11.8 Å². The molecule has 0 aliphatic heterocycles. The lowest BCUT2D eigenvalue weighted by atomic mass is 9.45. The summed E-state index contributed by atoms with van der Waals surface area (Å²) >= 11 is 6.32. The van der Waals surface area contributed by atoms with E-state index in [9.17, 15) is 9.59 Å². The molecule has 2 N–H and O–H groups in total. The normalized spacial score (nSPS) is 27.2. The van der Waals surface area contributed by atoms with Crippen molar-refractivity contribution in [2.75, 3.05) is 10.6 Å². The number of hydrogen-bond acceptors (Lipinski definition) is 6. The Bertz CT molecular complexity index is 998. The van der Waals surface area contributed by atoms with Crippen LogP contribution in [0.2, 0.25) is 5.02 Å². The summed E-state index contributed by atoms with van der Waals surface area (Å²) in [6, 6.07) is 1.85. The summed E-state index contributed by atoms with van der Waals surface area (Å²) in [5.41, 5.74) is 1.05. The Kier molecular flexibility index (Phi) is 4.93. The van der Waals surface area contributed by atoms with E-state index < -0.39 is 11.5 Å². The summed E-state index contributed by atoms with van der Waals surface area (Å²) in [6.45, 7) is 8.43. The Morgan fingerprint density at radius 3 is 2.79 bits per heavy atom. The number of fused-ring (bicyclic) bond motifs is 2. The highest BCUT2D eigenvalue weighted by molar-refractivity contribution is 6.32. The molecule has 0 radical (unpaired) electrons. The first-order valence-electron chi connectivity index (χ1n) is 9.92. The lowest BCUT2D eigenvalue weighted by Gasteiger charge is -2.62. The van der Waals surface area contributed by atoms with Crippen LogP contribution < -0.4 is 16.2 Å². The molecule has 29 heavy (non-hydrogen) atoms.